The summed E-state index contributed by atoms with van der Waals surface area (Å²) in [6.45, 7) is 0.505. The molecule has 0 bridgehead atoms. The lowest BCUT2D eigenvalue weighted by Crippen LogP contribution is -1.96. The van der Waals surface area contributed by atoms with E-state index in [0.29, 0.717) is 18.2 Å². The molecule has 132 valence electrons. The van der Waals surface area contributed by atoms with Gasteiger partial charge in [0, 0.05) is 6.07 Å². The highest BCUT2D eigenvalue weighted by molar-refractivity contribution is 5.85. The van der Waals surface area contributed by atoms with Crippen molar-refractivity contribution in [2.24, 2.45) is 0 Å². The van der Waals surface area contributed by atoms with Crippen LogP contribution >= 0.6 is 12.4 Å². The number of fused-ring (bicyclic) bond motifs is 1. The molecule has 0 atom stereocenters. The van der Waals surface area contributed by atoms with Crippen LogP contribution in [0, 0.1) is 0 Å². The fourth-order valence-corrected chi connectivity index (χ4v) is 2.60. The third-order valence-corrected chi connectivity index (χ3v) is 3.87. The van der Waals surface area contributed by atoms with Crippen LogP contribution in [0.1, 0.15) is 5.56 Å². The van der Waals surface area contributed by atoms with E-state index in [4.69, 9.17) is 9.47 Å². The van der Waals surface area contributed by atoms with Gasteiger partial charge in [0.05, 0.1) is 30.6 Å². The minimum atomic E-state index is 0. The van der Waals surface area contributed by atoms with Crippen molar-refractivity contribution in [3.8, 4) is 22.9 Å². The van der Waals surface area contributed by atoms with E-state index in [2.05, 4.69) is 20.2 Å². The monoisotopic (exact) mass is 368 g/mol. The van der Waals surface area contributed by atoms with E-state index in [1.807, 2.05) is 48.5 Å². The van der Waals surface area contributed by atoms with Crippen molar-refractivity contribution in [1.82, 2.24) is 20.2 Å². The van der Waals surface area contributed by atoms with Crippen LogP contribution in [-0.2, 0) is 6.61 Å². The number of aromatic nitrogens is 4. The molecule has 2 aromatic carbocycles. The van der Waals surface area contributed by atoms with Gasteiger partial charge in [-0.25, -0.2) is 4.98 Å². The van der Waals surface area contributed by atoms with Gasteiger partial charge in [0.1, 0.15) is 29.4 Å². The van der Waals surface area contributed by atoms with Crippen LogP contribution in [0.4, 0.5) is 0 Å². The molecular formula is C19H17ClN4O2. The normalized spacial score (nSPS) is 10.3. The Morgan fingerprint density at radius 2 is 1.81 bits per heavy atom. The second kappa shape index (κ2) is 7.84. The standard InChI is InChI=1S/C19H16N4O2.ClH/c1-24-18-9-14(25-12-13-5-3-2-4-6-13)7-8-15(18)19-22-16-10-20-21-11-17(16)23-19;/h2-11H,12H2,1H3,(H,22,23);1H. The van der Waals surface area contributed by atoms with Crippen molar-refractivity contribution in [2.45, 2.75) is 6.61 Å². The number of ether oxygens (including phenoxy) is 2. The van der Waals surface area contributed by atoms with Gasteiger partial charge in [-0.1, -0.05) is 30.3 Å². The van der Waals surface area contributed by atoms with Gasteiger partial charge < -0.3 is 14.5 Å². The number of hydrogen-bond acceptors (Lipinski definition) is 5. The molecule has 0 spiro atoms. The van der Waals surface area contributed by atoms with Crippen molar-refractivity contribution in [1.29, 1.82) is 0 Å². The number of imidazole rings is 1. The van der Waals surface area contributed by atoms with Crippen LogP contribution in [0.2, 0.25) is 0 Å². The van der Waals surface area contributed by atoms with E-state index in [9.17, 15) is 0 Å². The van der Waals surface area contributed by atoms with Crippen LogP contribution in [0.3, 0.4) is 0 Å². The second-order valence-electron chi connectivity index (χ2n) is 5.51. The molecule has 0 amide bonds. The van der Waals surface area contributed by atoms with Crippen molar-refractivity contribution in [3.63, 3.8) is 0 Å². The molecule has 0 saturated carbocycles. The van der Waals surface area contributed by atoms with Gasteiger partial charge in [-0.15, -0.1) is 12.4 Å². The average Bonchev–Trinajstić information content (AvgIpc) is 3.11. The molecule has 4 aromatic rings. The third-order valence-electron chi connectivity index (χ3n) is 3.87. The van der Waals surface area contributed by atoms with Crippen LogP contribution in [0.5, 0.6) is 11.5 Å². The lowest BCUT2D eigenvalue weighted by molar-refractivity contribution is 0.304. The Labute approximate surface area is 156 Å². The van der Waals surface area contributed by atoms with E-state index in [0.717, 1.165) is 27.9 Å². The number of nitrogens with zero attached hydrogens (tertiary/aromatic N) is 3. The Morgan fingerprint density at radius 3 is 2.58 bits per heavy atom. The molecule has 0 fully saturated rings. The van der Waals surface area contributed by atoms with E-state index in [1.165, 1.54) is 0 Å². The number of methoxy groups -OCH3 is 1. The molecule has 26 heavy (non-hydrogen) atoms. The van der Waals surface area contributed by atoms with E-state index in [-0.39, 0.29) is 12.4 Å². The van der Waals surface area contributed by atoms with Crippen molar-refractivity contribution in [3.05, 3.63) is 66.5 Å². The Bertz CT molecular complexity index is 972. The molecule has 0 unspecified atom stereocenters. The largest absolute Gasteiger partial charge is 0.496 e. The Balaban J connectivity index is 0.00000196. The number of aromatic amines is 1. The zero-order valence-electron chi connectivity index (χ0n) is 14.0. The van der Waals surface area contributed by atoms with Gasteiger partial charge in [0.15, 0.2) is 0 Å². The predicted octanol–water partition coefficient (Wildman–Crippen LogP) is 4.03. The molecule has 2 aromatic heterocycles. The molecule has 4 rings (SSSR count). The highest BCUT2D eigenvalue weighted by Gasteiger charge is 2.12. The number of halogens is 1. The molecule has 0 saturated heterocycles. The fraction of sp³-hybridized carbons (Fsp3) is 0.105. The van der Waals surface area contributed by atoms with Gasteiger partial charge in [-0.05, 0) is 17.7 Å². The van der Waals surface area contributed by atoms with E-state index >= 15 is 0 Å². The summed E-state index contributed by atoms with van der Waals surface area (Å²) < 4.78 is 11.4. The van der Waals surface area contributed by atoms with Crippen LogP contribution in [-0.4, -0.2) is 27.3 Å². The van der Waals surface area contributed by atoms with Gasteiger partial charge in [-0.2, -0.15) is 10.2 Å². The lowest BCUT2D eigenvalue weighted by Gasteiger charge is -2.10. The number of H-pyrrole nitrogens is 1. The average molecular weight is 369 g/mol. The zero-order chi connectivity index (χ0) is 17.1. The first-order valence-electron chi connectivity index (χ1n) is 7.85. The molecule has 6 nitrogen and oxygen atoms in total. The van der Waals surface area contributed by atoms with E-state index in [1.54, 1.807) is 19.5 Å². The number of nitrogens with one attached hydrogen (secondary N) is 1. The summed E-state index contributed by atoms with van der Waals surface area (Å²) in [4.78, 5) is 7.77. The summed E-state index contributed by atoms with van der Waals surface area (Å²) in [7, 11) is 1.63. The minimum absolute atomic E-state index is 0. The Hall–Kier alpha value is -3.12. The maximum Gasteiger partial charge on any atom is 0.142 e. The highest BCUT2D eigenvalue weighted by atomic mass is 35.5. The van der Waals surface area contributed by atoms with Gasteiger partial charge in [0.2, 0.25) is 0 Å². The maximum absolute atomic E-state index is 5.85. The smallest absolute Gasteiger partial charge is 0.142 e. The Kier molecular flexibility index (Phi) is 5.34. The quantitative estimate of drug-likeness (QED) is 0.575. The summed E-state index contributed by atoms with van der Waals surface area (Å²) in [5.74, 6) is 2.13. The highest BCUT2D eigenvalue weighted by Crippen LogP contribution is 2.32. The number of rotatable bonds is 5. The summed E-state index contributed by atoms with van der Waals surface area (Å²) in [6, 6.07) is 15.7. The van der Waals surface area contributed by atoms with Crippen molar-refractivity contribution < 1.29 is 9.47 Å². The van der Waals surface area contributed by atoms with Gasteiger partial charge in [-0.3, -0.25) is 0 Å². The topological polar surface area (TPSA) is 72.9 Å². The first-order valence-corrected chi connectivity index (χ1v) is 7.85. The summed E-state index contributed by atoms with van der Waals surface area (Å²) >= 11 is 0. The molecule has 0 radical (unpaired) electrons. The maximum atomic E-state index is 5.85. The molecule has 7 heteroatoms. The zero-order valence-corrected chi connectivity index (χ0v) is 14.9. The van der Waals surface area contributed by atoms with Gasteiger partial charge in [0.25, 0.3) is 0 Å². The Morgan fingerprint density at radius 1 is 1.00 bits per heavy atom. The van der Waals surface area contributed by atoms with Crippen LogP contribution in [0.25, 0.3) is 22.4 Å². The van der Waals surface area contributed by atoms with Gasteiger partial charge >= 0.3 is 0 Å². The third kappa shape index (κ3) is 3.60. The number of benzene rings is 2. The first-order chi connectivity index (χ1) is 12.3. The molecule has 0 aliphatic rings. The predicted molar refractivity (Wildman–Crippen MR) is 102 cm³/mol. The number of hydrogen-bond donors (Lipinski definition) is 1. The summed E-state index contributed by atoms with van der Waals surface area (Å²) in [6.07, 6.45) is 3.27. The van der Waals surface area contributed by atoms with Crippen molar-refractivity contribution >= 4 is 23.4 Å². The second-order valence-corrected chi connectivity index (χ2v) is 5.51. The fourth-order valence-electron chi connectivity index (χ4n) is 2.60. The molecule has 1 N–H and O–H groups in total. The lowest BCUT2D eigenvalue weighted by atomic mass is 10.2. The van der Waals surface area contributed by atoms with Crippen LogP contribution < -0.4 is 9.47 Å². The molecule has 0 aliphatic carbocycles. The SMILES string of the molecule is COc1cc(OCc2ccccc2)ccc1-c1nc2cnncc2[nH]1.Cl. The van der Waals surface area contributed by atoms with E-state index < -0.39 is 0 Å². The molecular weight excluding hydrogens is 352 g/mol. The van der Waals surface area contributed by atoms with Crippen molar-refractivity contribution in [2.75, 3.05) is 7.11 Å². The molecule has 0 aliphatic heterocycles. The summed E-state index contributed by atoms with van der Waals surface area (Å²) in [5.41, 5.74) is 3.56. The molecule has 2 heterocycles. The summed E-state index contributed by atoms with van der Waals surface area (Å²) in [5, 5.41) is 7.70. The van der Waals surface area contributed by atoms with Crippen LogP contribution in [0.15, 0.2) is 60.9 Å². The minimum Gasteiger partial charge on any atom is -0.496 e. The first kappa shape index (κ1) is 17.7.